The molecule has 0 aliphatic carbocycles. The number of aromatic nitrogens is 2. The summed E-state index contributed by atoms with van der Waals surface area (Å²) in [6.07, 6.45) is 0. The lowest BCUT2D eigenvalue weighted by Gasteiger charge is -2.33. The molecule has 0 radical (unpaired) electrons. The fourth-order valence-electron chi connectivity index (χ4n) is 10.7. The van der Waals surface area contributed by atoms with E-state index in [1.165, 1.54) is 21.5 Å². The molecule has 10 aromatic carbocycles. The van der Waals surface area contributed by atoms with Crippen molar-refractivity contribution >= 4 is 66.7 Å². The number of fused-ring (bicyclic) bond motifs is 10. The van der Waals surface area contributed by atoms with Crippen molar-refractivity contribution < 1.29 is 9.47 Å². The molecule has 0 N–H and O–H groups in total. The summed E-state index contributed by atoms with van der Waals surface area (Å²) in [7, 11) is 0. The maximum absolute atomic E-state index is 7.25. The average Bonchev–Trinajstić information content (AvgIpc) is 3.87. The van der Waals surface area contributed by atoms with Crippen molar-refractivity contribution in [2.75, 3.05) is 0 Å². The molecule has 12 aromatic rings. The summed E-state index contributed by atoms with van der Waals surface area (Å²) in [4.78, 5) is 0. The summed E-state index contributed by atoms with van der Waals surface area (Å²) in [5.41, 5.74) is 16.8. The summed E-state index contributed by atoms with van der Waals surface area (Å²) < 4.78 is 19.2. The second kappa shape index (κ2) is 14.0. The molecule has 0 atom stereocenters. The Morgan fingerprint density at radius 1 is 0.277 bits per heavy atom. The molecule has 65 heavy (non-hydrogen) atoms. The van der Waals surface area contributed by atoms with Crippen molar-refractivity contribution in [1.29, 1.82) is 0 Å². The van der Waals surface area contributed by atoms with E-state index in [4.69, 9.17) is 9.47 Å². The molecule has 4 heterocycles. The van der Waals surface area contributed by atoms with Crippen molar-refractivity contribution in [3.05, 3.63) is 224 Å². The molecule has 2 aromatic heterocycles. The molecule has 5 heteroatoms. The predicted octanol–water partition coefficient (Wildman–Crippen LogP) is 13.6. The van der Waals surface area contributed by atoms with Crippen LogP contribution in [0.5, 0.6) is 23.0 Å². The van der Waals surface area contributed by atoms with Gasteiger partial charge in [-0.25, -0.2) is 0 Å². The molecule has 302 valence electrons. The molecule has 14 rings (SSSR count). The van der Waals surface area contributed by atoms with Gasteiger partial charge in [-0.15, -0.1) is 0 Å². The quantitative estimate of drug-likeness (QED) is 0.162. The highest BCUT2D eigenvalue weighted by molar-refractivity contribution is 6.98. The minimum absolute atomic E-state index is 0.149. The predicted molar refractivity (Wildman–Crippen MR) is 269 cm³/mol. The van der Waals surface area contributed by atoms with E-state index in [-0.39, 0.29) is 6.71 Å². The molecule has 0 fully saturated rings. The summed E-state index contributed by atoms with van der Waals surface area (Å²) in [5, 5.41) is 4.79. The zero-order valence-electron chi connectivity index (χ0n) is 35.2. The van der Waals surface area contributed by atoms with Crippen molar-refractivity contribution in [2.45, 2.75) is 0 Å². The summed E-state index contributed by atoms with van der Waals surface area (Å²) in [5.74, 6) is 3.31. The van der Waals surface area contributed by atoms with E-state index in [2.05, 4.69) is 234 Å². The van der Waals surface area contributed by atoms with Crippen molar-refractivity contribution in [2.24, 2.45) is 0 Å². The van der Waals surface area contributed by atoms with Gasteiger partial charge < -0.3 is 18.6 Å². The van der Waals surface area contributed by atoms with Crippen molar-refractivity contribution in [3.8, 4) is 67.8 Å². The number of rotatable bonds is 5. The second-order valence-electron chi connectivity index (χ2n) is 17.2. The first kappa shape index (κ1) is 36.0. The number of ether oxygens (including phenoxy) is 2. The third kappa shape index (κ3) is 5.52. The van der Waals surface area contributed by atoms with Gasteiger partial charge in [0.1, 0.15) is 23.0 Å². The van der Waals surface area contributed by atoms with Gasteiger partial charge in [0, 0.05) is 50.5 Å². The van der Waals surface area contributed by atoms with Crippen LogP contribution >= 0.6 is 0 Å². The van der Waals surface area contributed by atoms with E-state index >= 15 is 0 Å². The van der Waals surface area contributed by atoms with E-state index in [0.29, 0.717) is 0 Å². The third-order valence-electron chi connectivity index (χ3n) is 13.6. The van der Waals surface area contributed by atoms with Crippen LogP contribution in [0.2, 0.25) is 0 Å². The van der Waals surface area contributed by atoms with Gasteiger partial charge >= 0.3 is 0 Å². The highest BCUT2D eigenvalue weighted by Gasteiger charge is 2.42. The van der Waals surface area contributed by atoms with Crippen LogP contribution < -0.4 is 25.9 Å². The van der Waals surface area contributed by atoms with Crippen LogP contribution in [-0.2, 0) is 0 Å². The lowest BCUT2D eigenvalue weighted by molar-refractivity contribution is 0.465. The topological polar surface area (TPSA) is 28.3 Å². The van der Waals surface area contributed by atoms with Gasteiger partial charge in [-0.1, -0.05) is 146 Å². The zero-order chi connectivity index (χ0) is 42.6. The fourth-order valence-corrected chi connectivity index (χ4v) is 10.7. The number of benzene rings is 10. The Bertz CT molecular complexity index is 3630. The van der Waals surface area contributed by atoms with E-state index < -0.39 is 0 Å². The van der Waals surface area contributed by atoms with E-state index in [1.54, 1.807) is 0 Å². The number of nitrogens with zero attached hydrogens (tertiary/aromatic N) is 2. The van der Waals surface area contributed by atoms with Gasteiger partial charge in [0.15, 0.2) is 0 Å². The van der Waals surface area contributed by atoms with Crippen molar-refractivity contribution in [3.63, 3.8) is 0 Å². The third-order valence-corrected chi connectivity index (χ3v) is 13.6. The van der Waals surface area contributed by atoms with Crippen LogP contribution in [0.15, 0.2) is 224 Å². The minimum atomic E-state index is -0.149. The highest BCUT2D eigenvalue weighted by atomic mass is 16.5. The van der Waals surface area contributed by atoms with Crippen molar-refractivity contribution in [1.82, 2.24) is 9.13 Å². The van der Waals surface area contributed by atoms with Gasteiger partial charge in [0.2, 0.25) is 0 Å². The zero-order valence-corrected chi connectivity index (χ0v) is 35.2. The van der Waals surface area contributed by atoms with Crippen LogP contribution in [0.1, 0.15) is 0 Å². The van der Waals surface area contributed by atoms with Gasteiger partial charge in [0.05, 0.1) is 22.1 Å². The Morgan fingerprint density at radius 2 is 0.646 bits per heavy atom. The smallest absolute Gasteiger partial charge is 0.260 e. The van der Waals surface area contributed by atoms with Crippen LogP contribution in [0.4, 0.5) is 0 Å². The molecule has 0 saturated carbocycles. The highest BCUT2D eigenvalue weighted by Crippen LogP contribution is 2.44. The van der Waals surface area contributed by atoms with Crippen LogP contribution in [0.25, 0.3) is 88.4 Å². The summed E-state index contributed by atoms with van der Waals surface area (Å²) in [6.45, 7) is -0.149. The van der Waals surface area contributed by atoms with E-state index in [9.17, 15) is 0 Å². The van der Waals surface area contributed by atoms with E-state index in [0.717, 1.165) is 106 Å². The Kier molecular flexibility index (Phi) is 7.75. The number of para-hydroxylation sites is 4. The van der Waals surface area contributed by atoms with Crippen LogP contribution in [-0.4, -0.2) is 15.8 Å². The fraction of sp³-hybridized carbons (Fsp3) is 0. The maximum atomic E-state index is 7.25. The first-order valence-electron chi connectivity index (χ1n) is 22.3. The van der Waals surface area contributed by atoms with Crippen LogP contribution in [0, 0.1) is 0 Å². The Morgan fingerprint density at radius 3 is 1.09 bits per heavy atom. The lowest BCUT2D eigenvalue weighted by atomic mass is 9.34. The van der Waals surface area contributed by atoms with Gasteiger partial charge in [-0.3, -0.25) is 0 Å². The molecule has 0 amide bonds. The molecule has 0 spiro atoms. The molecular weight excluding hydrogens is 791 g/mol. The molecular formula is C60H37BN2O2. The monoisotopic (exact) mass is 828 g/mol. The molecule has 2 aliphatic heterocycles. The summed E-state index contributed by atoms with van der Waals surface area (Å²) >= 11 is 0. The summed E-state index contributed by atoms with van der Waals surface area (Å²) in [6, 6.07) is 80.7. The second-order valence-corrected chi connectivity index (χ2v) is 17.2. The number of hydrogen-bond donors (Lipinski definition) is 0. The Labute approximate surface area is 375 Å². The lowest BCUT2D eigenvalue weighted by Crippen LogP contribution is -2.57. The Hall–Kier alpha value is -8.54. The standard InChI is InChI=1S/C60H37BN2O2/c1-5-17-38(18-6-1)40-29-41(39-19-7-2-8-20-39)31-42(30-40)43-32-58-60-59(33-43)65-57-37-55-49(47-26-14-16-28-53(47)63(55)45-23-11-4-12-24-45)35-51(57)61(60)50-34-48-46-25-13-15-27-52(46)62(44-21-9-3-10-22-44)54(48)36-56(50)64-58/h1-37H. The molecule has 0 unspecified atom stereocenters. The van der Waals surface area contributed by atoms with Gasteiger partial charge in [-0.2, -0.15) is 0 Å². The van der Waals surface area contributed by atoms with E-state index in [1.807, 2.05) is 0 Å². The molecule has 4 nitrogen and oxygen atoms in total. The molecule has 0 bridgehead atoms. The normalized spacial score (nSPS) is 12.5. The van der Waals surface area contributed by atoms with Gasteiger partial charge in [0.25, 0.3) is 6.71 Å². The first-order chi connectivity index (χ1) is 32.2. The van der Waals surface area contributed by atoms with Crippen LogP contribution in [0.3, 0.4) is 0 Å². The Balaban J connectivity index is 1.05. The largest absolute Gasteiger partial charge is 0.458 e. The number of hydrogen-bond acceptors (Lipinski definition) is 2. The minimum Gasteiger partial charge on any atom is -0.458 e. The average molecular weight is 829 g/mol. The molecule has 2 aliphatic rings. The first-order valence-corrected chi connectivity index (χ1v) is 22.3. The SMILES string of the molecule is c1ccc(-c2cc(-c3ccccc3)cc(-c3cc4c5c(c3)Oc3cc6c(cc3B5c3cc5c7ccccc7n(-c7ccccc7)c5cc3O4)c3ccccc3n6-c3ccccc3)c2)cc1. The van der Waals surface area contributed by atoms with Gasteiger partial charge in [-0.05, 0) is 111 Å². The molecule has 0 saturated heterocycles. The maximum Gasteiger partial charge on any atom is 0.260 e.